The van der Waals surface area contributed by atoms with Gasteiger partial charge in [-0.2, -0.15) is 0 Å². The van der Waals surface area contributed by atoms with Crippen LogP contribution in [0.4, 0.5) is 0 Å². The van der Waals surface area contributed by atoms with Crippen molar-refractivity contribution < 1.29 is 5.11 Å². The summed E-state index contributed by atoms with van der Waals surface area (Å²) in [6, 6.07) is 0. The van der Waals surface area contributed by atoms with Crippen LogP contribution in [-0.4, -0.2) is 11.2 Å². The molecule has 32 heavy (non-hydrogen) atoms. The molecule has 1 heteroatoms. The number of fused-ring (bicyclic) bond motifs is 7. The molecule has 0 heterocycles. The second-order valence-electron chi connectivity index (χ2n) is 14.8. The van der Waals surface area contributed by atoms with Crippen LogP contribution in [0, 0.1) is 56.7 Å². The summed E-state index contributed by atoms with van der Waals surface area (Å²) in [4.78, 5) is 0. The molecule has 5 aliphatic carbocycles. The zero-order valence-electron chi connectivity index (χ0n) is 22.4. The highest BCUT2D eigenvalue weighted by atomic mass is 16.3. The molecule has 9 unspecified atom stereocenters. The van der Waals surface area contributed by atoms with E-state index >= 15 is 0 Å². The minimum atomic E-state index is -0.119. The lowest BCUT2D eigenvalue weighted by Crippen LogP contribution is -2.66. The summed E-state index contributed by atoms with van der Waals surface area (Å²) in [5.41, 5.74) is 3.43. The van der Waals surface area contributed by atoms with E-state index in [1.807, 2.05) is 0 Å². The van der Waals surface area contributed by atoms with Gasteiger partial charge in [-0.3, -0.25) is 0 Å². The zero-order chi connectivity index (χ0) is 23.3. The van der Waals surface area contributed by atoms with Crippen LogP contribution in [-0.2, 0) is 0 Å². The summed E-state index contributed by atoms with van der Waals surface area (Å²) in [5.74, 6) is 4.00. The molecule has 0 bridgehead atoms. The van der Waals surface area contributed by atoms with Gasteiger partial charge in [0.1, 0.15) is 0 Å². The maximum atomic E-state index is 10.9. The van der Waals surface area contributed by atoms with Crippen molar-refractivity contribution >= 4 is 0 Å². The fourth-order valence-corrected chi connectivity index (χ4v) is 11.9. The topological polar surface area (TPSA) is 20.2 Å². The summed E-state index contributed by atoms with van der Waals surface area (Å²) in [5, 5.41) is 10.9. The van der Waals surface area contributed by atoms with Gasteiger partial charge in [0.2, 0.25) is 0 Å². The van der Waals surface area contributed by atoms with Crippen LogP contribution in [0.1, 0.15) is 119 Å². The van der Waals surface area contributed by atoms with Crippen molar-refractivity contribution in [3.8, 4) is 0 Å². The first kappa shape index (κ1) is 23.4. The molecular weight excluding hydrogens is 388 g/mol. The molecule has 5 saturated carbocycles. The standard InChI is InChI=1S/C31H52O/c1-9-31-17-12-21(20(2)3)26(31)22-10-11-24-28(6)15-14-25(32)27(4,5)23(28)13-16-30(24,8)29(22,7)18-19-31/h21-26,32H,2,9-19H2,1,3-8H3/t21?,22?,23?,24?,25?,26?,28?,29-,30?,31?/m1/s1. The Morgan fingerprint density at radius 3 is 2.19 bits per heavy atom. The predicted molar refractivity (Wildman–Crippen MR) is 135 cm³/mol. The van der Waals surface area contributed by atoms with E-state index in [0.29, 0.717) is 27.6 Å². The van der Waals surface area contributed by atoms with Crippen molar-refractivity contribution in [1.82, 2.24) is 0 Å². The Morgan fingerprint density at radius 2 is 1.53 bits per heavy atom. The lowest BCUT2D eigenvalue weighted by atomic mass is 9.32. The van der Waals surface area contributed by atoms with Crippen LogP contribution in [0.3, 0.4) is 0 Å². The molecule has 1 nitrogen and oxygen atoms in total. The van der Waals surface area contributed by atoms with Gasteiger partial charge in [0.25, 0.3) is 0 Å². The predicted octanol–water partition coefficient (Wildman–Crippen LogP) is 8.41. The van der Waals surface area contributed by atoms with Gasteiger partial charge < -0.3 is 5.11 Å². The summed E-state index contributed by atoms with van der Waals surface area (Å²) >= 11 is 0. The number of rotatable bonds is 2. The van der Waals surface area contributed by atoms with Gasteiger partial charge >= 0.3 is 0 Å². The molecule has 0 aromatic carbocycles. The number of aliphatic hydroxyl groups excluding tert-OH is 1. The monoisotopic (exact) mass is 440 g/mol. The third-order valence-electron chi connectivity index (χ3n) is 13.9. The van der Waals surface area contributed by atoms with E-state index in [-0.39, 0.29) is 11.5 Å². The van der Waals surface area contributed by atoms with Crippen LogP contribution in [0.2, 0.25) is 0 Å². The van der Waals surface area contributed by atoms with Gasteiger partial charge in [-0.1, -0.05) is 60.1 Å². The second kappa shape index (κ2) is 7.11. The van der Waals surface area contributed by atoms with Gasteiger partial charge in [0.15, 0.2) is 0 Å². The highest BCUT2D eigenvalue weighted by Gasteiger charge is 2.70. The fraction of sp³-hybridized carbons (Fsp3) is 0.935. The van der Waals surface area contributed by atoms with Crippen molar-refractivity contribution in [1.29, 1.82) is 0 Å². The third kappa shape index (κ3) is 2.67. The minimum absolute atomic E-state index is 0.0620. The quantitative estimate of drug-likeness (QED) is 0.427. The molecule has 0 aromatic rings. The molecule has 0 spiro atoms. The first-order valence-corrected chi connectivity index (χ1v) is 14.2. The minimum Gasteiger partial charge on any atom is -0.393 e. The maximum absolute atomic E-state index is 10.9. The Hall–Kier alpha value is -0.300. The molecule has 5 rings (SSSR count). The molecular formula is C31H52O. The zero-order valence-corrected chi connectivity index (χ0v) is 22.4. The molecule has 5 aliphatic rings. The fourth-order valence-electron chi connectivity index (χ4n) is 11.9. The van der Waals surface area contributed by atoms with E-state index in [1.54, 1.807) is 0 Å². The van der Waals surface area contributed by atoms with Gasteiger partial charge in [0, 0.05) is 0 Å². The summed E-state index contributed by atoms with van der Waals surface area (Å²) in [7, 11) is 0. The average molecular weight is 441 g/mol. The van der Waals surface area contributed by atoms with Crippen molar-refractivity contribution in [2.45, 2.75) is 125 Å². The molecule has 0 aliphatic heterocycles. The van der Waals surface area contributed by atoms with Crippen molar-refractivity contribution in [3.63, 3.8) is 0 Å². The van der Waals surface area contributed by atoms with Crippen molar-refractivity contribution in [2.75, 3.05) is 0 Å². The second-order valence-corrected chi connectivity index (χ2v) is 14.8. The van der Waals surface area contributed by atoms with Gasteiger partial charge in [0.05, 0.1) is 6.10 Å². The first-order chi connectivity index (χ1) is 14.9. The number of hydrogen-bond acceptors (Lipinski definition) is 1. The Balaban J connectivity index is 1.55. The molecule has 182 valence electrons. The van der Waals surface area contributed by atoms with Gasteiger partial charge in [-0.05, 0) is 128 Å². The molecule has 0 amide bonds. The van der Waals surface area contributed by atoms with Crippen LogP contribution in [0.5, 0.6) is 0 Å². The molecule has 10 atom stereocenters. The average Bonchev–Trinajstić information content (AvgIpc) is 3.12. The van der Waals surface area contributed by atoms with Gasteiger partial charge in [-0.15, -0.1) is 0 Å². The number of allylic oxidation sites excluding steroid dienone is 1. The van der Waals surface area contributed by atoms with E-state index in [1.165, 1.54) is 69.8 Å². The summed E-state index contributed by atoms with van der Waals surface area (Å²) < 4.78 is 0. The lowest BCUT2D eigenvalue weighted by molar-refractivity contribution is -0.247. The molecule has 0 saturated heterocycles. The lowest BCUT2D eigenvalue weighted by Gasteiger charge is -2.73. The van der Waals surface area contributed by atoms with Crippen molar-refractivity contribution in [3.05, 3.63) is 12.2 Å². The smallest absolute Gasteiger partial charge is 0.0594 e. The summed E-state index contributed by atoms with van der Waals surface area (Å²) in [6.45, 7) is 22.2. The maximum Gasteiger partial charge on any atom is 0.0594 e. The Bertz CT molecular complexity index is 781. The normalized spacial score (nSPS) is 56.5. The molecule has 0 radical (unpaired) electrons. The van der Waals surface area contributed by atoms with Crippen LogP contribution < -0.4 is 0 Å². The molecule has 0 aromatic heterocycles. The van der Waals surface area contributed by atoms with Gasteiger partial charge in [-0.25, -0.2) is 0 Å². The van der Waals surface area contributed by atoms with E-state index < -0.39 is 0 Å². The van der Waals surface area contributed by atoms with E-state index in [0.717, 1.165) is 30.1 Å². The summed E-state index contributed by atoms with van der Waals surface area (Å²) in [6.07, 6.45) is 14.8. The highest BCUT2D eigenvalue weighted by molar-refractivity contribution is 5.21. The highest BCUT2D eigenvalue weighted by Crippen LogP contribution is 2.77. The van der Waals surface area contributed by atoms with E-state index in [9.17, 15) is 5.11 Å². The van der Waals surface area contributed by atoms with E-state index in [4.69, 9.17) is 0 Å². The molecule has 1 N–H and O–H groups in total. The first-order valence-electron chi connectivity index (χ1n) is 14.2. The Labute approximate surface area is 199 Å². The van der Waals surface area contributed by atoms with Crippen molar-refractivity contribution in [2.24, 2.45) is 56.7 Å². The Kier molecular flexibility index (Phi) is 5.21. The molecule has 5 fully saturated rings. The number of hydrogen-bond donors (Lipinski definition) is 1. The largest absolute Gasteiger partial charge is 0.393 e. The Morgan fingerprint density at radius 1 is 0.812 bits per heavy atom. The van der Waals surface area contributed by atoms with Crippen LogP contribution in [0.25, 0.3) is 0 Å². The SMILES string of the molecule is C=C(C)C1CCC2(CC)CC[C@]3(C)C(CCC4C5(C)CCC(O)C(C)(C)C5CCC43C)C12. The number of aliphatic hydroxyl groups is 1. The third-order valence-corrected chi connectivity index (χ3v) is 13.9. The van der Waals surface area contributed by atoms with Crippen LogP contribution in [0.15, 0.2) is 12.2 Å². The van der Waals surface area contributed by atoms with E-state index in [2.05, 4.69) is 55.0 Å². The van der Waals surface area contributed by atoms with Crippen LogP contribution >= 0.6 is 0 Å².